The molecule has 130 valence electrons. The van der Waals surface area contributed by atoms with Crippen LogP contribution in [0.3, 0.4) is 0 Å². The first kappa shape index (κ1) is 17.2. The molecule has 2 aromatic carbocycles. The van der Waals surface area contributed by atoms with E-state index in [0.717, 1.165) is 27.8 Å². The van der Waals surface area contributed by atoms with Gasteiger partial charge < -0.3 is 14.5 Å². The minimum Gasteiger partial charge on any atom is -0.451 e. The van der Waals surface area contributed by atoms with Crippen molar-refractivity contribution in [1.82, 2.24) is 0 Å². The first-order chi connectivity index (χ1) is 12.0. The van der Waals surface area contributed by atoms with Gasteiger partial charge in [0, 0.05) is 23.7 Å². The fourth-order valence-corrected chi connectivity index (χ4v) is 3.08. The van der Waals surface area contributed by atoms with Crippen LogP contribution in [0.4, 0.5) is 5.69 Å². The number of hydrogen-bond acceptors (Lipinski definition) is 3. The van der Waals surface area contributed by atoms with Crippen molar-refractivity contribution in [2.45, 2.75) is 33.3 Å². The lowest BCUT2D eigenvalue weighted by Crippen LogP contribution is -2.16. The molecule has 0 saturated carbocycles. The van der Waals surface area contributed by atoms with Crippen LogP contribution in [0.5, 0.6) is 0 Å². The number of ether oxygens (including phenoxy) is 1. The molecule has 3 rings (SSSR count). The van der Waals surface area contributed by atoms with Crippen molar-refractivity contribution >= 4 is 22.6 Å². The quantitative estimate of drug-likeness (QED) is 0.690. The van der Waals surface area contributed by atoms with Gasteiger partial charge in [-0.3, -0.25) is 4.79 Å². The molecule has 0 spiro atoms. The molecular weight excluding hydrogens is 314 g/mol. The molecule has 0 aliphatic heterocycles. The van der Waals surface area contributed by atoms with Crippen molar-refractivity contribution in [2.75, 3.05) is 12.4 Å². The Kier molecular flexibility index (Phi) is 4.91. The highest BCUT2D eigenvalue weighted by atomic mass is 16.5. The predicted molar refractivity (Wildman–Crippen MR) is 100 cm³/mol. The Hall–Kier alpha value is -2.59. The molecule has 0 unspecified atom stereocenters. The molecule has 1 amide bonds. The monoisotopic (exact) mass is 337 g/mol. The standard InChI is InChI=1S/C21H23NO3/c1-13(2)15-10-7-8-14(3)19(15)22-21(23)20-17(12-24-4)16-9-5-6-11-18(16)25-20/h5-11,13H,12H2,1-4H3,(H,22,23). The average Bonchev–Trinajstić information content (AvgIpc) is 2.96. The number of benzene rings is 2. The van der Waals surface area contributed by atoms with E-state index >= 15 is 0 Å². The zero-order chi connectivity index (χ0) is 18.0. The number of para-hydroxylation sites is 2. The molecular formula is C21H23NO3. The summed E-state index contributed by atoms with van der Waals surface area (Å²) in [5, 5.41) is 3.95. The molecule has 0 saturated heterocycles. The summed E-state index contributed by atoms with van der Waals surface area (Å²) >= 11 is 0. The second-order valence-electron chi connectivity index (χ2n) is 6.49. The number of anilines is 1. The summed E-state index contributed by atoms with van der Waals surface area (Å²) in [7, 11) is 1.61. The van der Waals surface area contributed by atoms with Gasteiger partial charge in [0.15, 0.2) is 5.76 Å². The Balaban J connectivity index is 2.03. The predicted octanol–water partition coefficient (Wildman–Crippen LogP) is 5.26. The third-order valence-corrected chi connectivity index (χ3v) is 4.36. The number of nitrogens with one attached hydrogen (secondary N) is 1. The lowest BCUT2D eigenvalue weighted by molar-refractivity contribution is 0.0992. The van der Waals surface area contributed by atoms with Crippen molar-refractivity contribution < 1.29 is 13.9 Å². The molecule has 0 bridgehead atoms. The second-order valence-corrected chi connectivity index (χ2v) is 6.49. The molecule has 3 aromatic rings. The van der Waals surface area contributed by atoms with Crippen molar-refractivity contribution in [2.24, 2.45) is 0 Å². The number of amides is 1. The van der Waals surface area contributed by atoms with E-state index < -0.39 is 0 Å². The van der Waals surface area contributed by atoms with Gasteiger partial charge in [0.1, 0.15) is 5.58 Å². The van der Waals surface area contributed by atoms with Crippen LogP contribution in [0.15, 0.2) is 46.9 Å². The molecule has 4 heteroatoms. The van der Waals surface area contributed by atoms with Gasteiger partial charge in [0.25, 0.3) is 5.91 Å². The first-order valence-electron chi connectivity index (χ1n) is 8.43. The van der Waals surface area contributed by atoms with Gasteiger partial charge in [0.05, 0.1) is 6.61 Å². The van der Waals surface area contributed by atoms with Crippen molar-refractivity contribution in [1.29, 1.82) is 0 Å². The molecule has 1 aromatic heterocycles. The van der Waals surface area contributed by atoms with E-state index in [2.05, 4.69) is 19.2 Å². The minimum atomic E-state index is -0.251. The van der Waals surface area contributed by atoms with E-state index in [9.17, 15) is 4.79 Å². The fraction of sp³-hybridized carbons (Fsp3) is 0.286. The zero-order valence-electron chi connectivity index (χ0n) is 15.1. The maximum Gasteiger partial charge on any atom is 0.291 e. The van der Waals surface area contributed by atoms with Gasteiger partial charge >= 0.3 is 0 Å². The van der Waals surface area contributed by atoms with Crippen LogP contribution >= 0.6 is 0 Å². The summed E-state index contributed by atoms with van der Waals surface area (Å²) in [6, 6.07) is 13.7. The highest BCUT2D eigenvalue weighted by molar-refractivity contribution is 6.07. The van der Waals surface area contributed by atoms with Gasteiger partial charge in [-0.1, -0.05) is 50.2 Å². The molecule has 0 radical (unpaired) electrons. The third kappa shape index (κ3) is 3.30. The maximum absolute atomic E-state index is 12.9. The number of rotatable bonds is 5. The maximum atomic E-state index is 12.9. The van der Waals surface area contributed by atoms with Crippen LogP contribution in [0.2, 0.25) is 0 Å². The summed E-state index contributed by atoms with van der Waals surface area (Å²) in [4.78, 5) is 12.9. The van der Waals surface area contributed by atoms with Crippen molar-refractivity contribution in [3.63, 3.8) is 0 Å². The van der Waals surface area contributed by atoms with E-state index in [1.807, 2.05) is 49.4 Å². The van der Waals surface area contributed by atoms with Gasteiger partial charge in [-0.05, 0) is 30.0 Å². The number of methoxy groups -OCH3 is 1. The van der Waals surface area contributed by atoms with E-state index in [0.29, 0.717) is 23.9 Å². The normalized spacial score (nSPS) is 11.2. The van der Waals surface area contributed by atoms with Crippen molar-refractivity contribution in [3.8, 4) is 0 Å². The summed E-state index contributed by atoms with van der Waals surface area (Å²) < 4.78 is 11.1. The van der Waals surface area contributed by atoms with Crippen LogP contribution in [0, 0.1) is 6.92 Å². The Bertz CT molecular complexity index is 909. The number of fused-ring (bicyclic) bond motifs is 1. The number of hydrogen-bond donors (Lipinski definition) is 1. The van der Waals surface area contributed by atoms with Gasteiger partial charge in [-0.25, -0.2) is 0 Å². The molecule has 0 fully saturated rings. The number of furan rings is 1. The largest absolute Gasteiger partial charge is 0.451 e. The lowest BCUT2D eigenvalue weighted by Gasteiger charge is -2.16. The van der Waals surface area contributed by atoms with E-state index in [1.54, 1.807) is 7.11 Å². The highest BCUT2D eigenvalue weighted by Crippen LogP contribution is 2.30. The smallest absolute Gasteiger partial charge is 0.291 e. The third-order valence-electron chi connectivity index (χ3n) is 4.36. The van der Waals surface area contributed by atoms with Gasteiger partial charge in [-0.2, -0.15) is 0 Å². The zero-order valence-corrected chi connectivity index (χ0v) is 15.1. The SMILES string of the molecule is COCc1c(C(=O)Nc2c(C)cccc2C(C)C)oc2ccccc12. The molecule has 25 heavy (non-hydrogen) atoms. The van der Waals surface area contributed by atoms with E-state index in [4.69, 9.17) is 9.15 Å². The Morgan fingerprint density at radius 2 is 1.92 bits per heavy atom. The van der Waals surface area contributed by atoms with Crippen LogP contribution in [0.25, 0.3) is 11.0 Å². The van der Waals surface area contributed by atoms with Crippen molar-refractivity contribution in [3.05, 3.63) is 64.9 Å². The van der Waals surface area contributed by atoms with Gasteiger partial charge in [-0.15, -0.1) is 0 Å². The molecule has 1 heterocycles. The Morgan fingerprint density at radius 3 is 2.64 bits per heavy atom. The summed E-state index contributed by atoms with van der Waals surface area (Å²) in [6.07, 6.45) is 0. The summed E-state index contributed by atoms with van der Waals surface area (Å²) in [6.45, 7) is 6.55. The van der Waals surface area contributed by atoms with Crippen LogP contribution in [-0.2, 0) is 11.3 Å². The molecule has 0 aliphatic carbocycles. The van der Waals surface area contributed by atoms with E-state index in [-0.39, 0.29) is 5.91 Å². The number of aryl methyl sites for hydroxylation is 1. The average molecular weight is 337 g/mol. The number of carbonyl (C=O) groups is 1. The van der Waals surface area contributed by atoms with Crippen LogP contribution in [-0.4, -0.2) is 13.0 Å². The highest BCUT2D eigenvalue weighted by Gasteiger charge is 2.22. The van der Waals surface area contributed by atoms with Crippen LogP contribution < -0.4 is 5.32 Å². The Morgan fingerprint density at radius 1 is 1.16 bits per heavy atom. The van der Waals surface area contributed by atoms with Gasteiger partial charge in [0.2, 0.25) is 0 Å². The second kappa shape index (κ2) is 7.11. The van der Waals surface area contributed by atoms with E-state index in [1.165, 1.54) is 0 Å². The minimum absolute atomic E-state index is 0.251. The molecule has 1 N–H and O–H groups in total. The molecule has 0 atom stereocenters. The number of carbonyl (C=O) groups excluding carboxylic acids is 1. The summed E-state index contributed by atoms with van der Waals surface area (Å²) in [5.41, 5.74) is 4.46. The Labute approximate surface area is 147 Å². The molecule has 4 nitrogen and oxygen atoms in total. The fourth-order valence-electron chi connectivity index (χ4n) is 3.08. The lowest BCUT2D eigenvalue weighted by atomic mass is 9.98. The summed E-state index contributed by atoms with van der Waals surface area (Å²) in [5.74, 6) is 0.366. The first-order valence-corrected chi connectivity index (χ1v) is 8.43. The molecule has 0 aliphatic rings. The van der Waals surface area contributed by atoms with Crippen LogP contribution in [0.1, 0.15) is 47.0 Å². The topological polar surface area (TPSA) is 51.5 Å².